The Labute approximate surface area is 123 Å². The van der Waals surface area contributed by atoms with E-state index < -0.39 is 6.10 Å². The highest BCUT2D eigenvalue weighted by atomic mass is 16.5. The summed E-state index contributed by atoms with van der Waals surface area (Å²) in [6, 6.07) is 6.10. The largest absolute Gasteiger partial charge is 0.493 e. The molecule has 0 radical (unpaired) electrons. The Kier molecular flexibility index (Phi) is 7.03. The van der Waals surface area contributed by atoms with Gasteiger partial charge in [0.05, 0.1) is 12.7 Å². The van der Waals surface area contributed by atoms with Crippen LogP contribution in [-0.2, 0) is 0 Å². The number of rotatable bonds is 8. The lowest BCUT2D eigenvalue weighted by molar-refractivity contribution is 0.126. The maximum atomic E-state index is 10.1. The summed E-state index contributed by atoms with van der Waals surface area (Å²) < 4.78 is 5.82. The summed E-state index contributed by atoms with van der Waals surface area (Å²) in [6.07, 6.45) is 1.99. The molecule has 3 heteroatoms. The van der Waals surface area contributed by atoms with Crippen molar-refractivity contribution in [3.05, 3.63) is 29.3 Å². The van der Waals surface area contributed by atoms with Gasteiger partial charge in [0.1, 0.15) is 5.75 Å². The molecule has 0 aliphatic carbocycles. The molecule has 0 fully saturated rings. The van der Waals surface area contributed by atoms with Crippen LogP contribution in [0.4, 0.5) is 0 Å². The molecule has 114 valence electrons. The normalized spacial score (nSPS) is 15.7. The molecule has 1 aromatic carbocycles. The predicted octanol–water partition coefficient (Wildman–Crippen LogP) is 3.38. The van der Waals surface area contributed by atoms with Gasteiger partial charge in [0, 0.05) is 6.04 Å². The second kappa shape index (κ2) is 8.28. The summed E-state index contributed by atoms with van der Waals surface area (Å²) in [5.41, 5.74) is 8.29. The predicted molar refractivity (Wildman–Crippen MR) is 84.3 cm³/mol. The van der Waals surface area contributed by atoms with Gasteiger partial charge in [-0.05, 0) is 43.7 Å². The van der Waals surface area contributed by atoms with E-state index in [4.69, 9.17) is 10.5 Å². The third kappa shape index (κ3) is 4.80. The van der Waals surface area contributed by atoms with Crippen LogP contribution in [0.3, 0.4) is 0 Å². The van der Waals surface area contributed by atoms with Crippen LogP contribution in [0.5, 0.6) is 5.75 Å². The van der Waals surface area contributed by atoms with Crippen molar-refractivity contribution in [3.63, 3.8) is 0 Å². The molecule has 0 heterocycles. The minimum atomic E-state index is -0.463. The van der Waals surface area contributed by atoms with Crippen molar-refractivity contribution in [2.75, 3.05) is 6.61 Å². The zero-order chi connectivity index (χ0) is 15.1. The first-order valence-corrected chi connectivity index (χ1v) is 7.66. The molecule has 0 aliphatic heterocycles. The monoisotopic (exact) mass is 279 g/mol. The van der Waals surface area contributed by atoms with Crippen molar-refractivity contribution in [3.8, 4) is 5.75 Å². The van der Waals surface area contributed by atoms with Crippen molar-refractivity contribution in [1.29, 1.82) is 0 Å². The number of aryl methyl sites for hydroxylation is 1. The van der Waals surface area contributed by atoms with Gasteiger partial charge in [-0.15, -0.1) is 0 Å². The van der Waals surface area contributed by atoms with Crippen LogP contribution < -0.4 is 10.5 Å². The number of nitrogens with two attached hydrogens (primary N) is 1. The van der Waals surface area contributed by atoms with Gasteiger partial charge in [-0.25, -0.2) is 0 Å². The van der Waals surface area contributed by atoms with E-state index in [2.05, 4.69) is 32.9 Å². The molecule has 0 spiro atoms. The third-order valence-electron chi connectivity index (χ3n) is 3.72. The summed E-state index contributed by atoms with van der Waals surface area (Å²) in [5.74, 6) is 1.16. The molecule has 0 saturated heterocycles. The fraction of sp³-hybridized carbons (Fsp3) is 0.647. The van der Waals surface area contributed by atoms with E-state index in [1.165, 1.54) is 11.1 Å². The van der Waals surface area contributed by atoms with Gasteiger partial charge in [-0.2, -0.15) is 0 Å². The Morgan fingerprint density at radius 1 is 1.30 bits per heavy atom. The number of hydrogen-bond donors (Lipinski definition) is 2. The van der Waals surface area contributed by atoms with Crippen LogP contribution in [-0.4, -0.2) is 23.9 Å². The fourth-order valence-electron chi connectivity index (χ4n) is 2.33. The molecule has 3 N–H and O–H groups in total. The SMILES string of the molecule is CCCOc1ccc(C)cc1C(C)CC(O)C(N)CC. The molecule has 1 rings (SSSR count). The van der Waals surface area contributed by atoms with E-state index in [0.717, 1.165) is 25.2 Å². The maximum absolute atomic E-state index is 10.1. The van der Waals surface area contributed by atoms with Crippen LogP contribution in [0.2, 0.25) is 0 Å². The van der Waals surface area contributed by atoms with Crippen LogP contribution >= 0.6 is 0 Å². The molecular formula is C17H29NO2. The number of aliphatic hydroxyl groups excluding tert-OH is 1. The lowest BCUT2D eigenvalue weighted by Crippen LogP contribution is -2.34. The third-order valence-corrected chi connectivity index (χ3v) is 3.72. The van der Waals surface area contributed by atoms with Gasteiger partial charge in [0.2, 0.25) is 0 Å². The van der Waals surface area contributed by atoms with E-state index >= 15 is 0 Å². The van der Waals surface area contributed by atoms with Crippen LogP contribution in [0.15, 0.2) is 18.2 Å². The first-order chi connectivity index (χ1) is 9.49. The number of benzene rings is 1. The number of hydrogen-bond acceptors (Lipinski definition) is 3. The Morgan fingerprint density at radius 3 is 2.60 bits per heavy atom. The van der Waals surface area contributed by atoms with Gasteiger partial charge in [-0.1, -0.05) is 38.5 Å². The summed E-state index contributed by atoms with van der Waals surface area (Å²) in [7, 11) is 0. The summed E-state index contributed by atoms with van der Waals surface area (Å²) in [4.78, 5) is 0. The Hall–Kier alpha value is -1.06. The lowest BCUT2D eigenvalue weighted by Gasteiger charge is -2.23. The van der Waals surface area contributed by atoms with Crippen LogP contribution in [0.1, 0.15) is 57.1 Å². The number of ether oxygens (including phenoxy) is 1. The Balaban J connectivity index is 2.84. The zero-order valence-electron chi connectivity index (χ0n) is 13.2. The average Bonchev–Trinajstić information content (AvgIpc) is 2.44. The lowest BCUT2D eigenvalue weighted by atomic mass is 9.90. The maximum Gasteiger partial charge on any atom is 0.122 e. The Morgan fingerprint density at radius 2 is 2.00 bits per heavy atom. The molecule has 0 amide bonds. The van der Waals surface area contributed by atoms with Crippen LogP contribution in [0.25, 0.3) is 0 Å². The van der Waals surface area contributed by atoms with Crippen molar-refractivity contribution in [1.82, 2.24) is 0 Å². The minimum absolute atomic E-state index is 0.151. The second-order valence-corrected chi connectivity index (χ2v) is 5.67. The van der Waals surface area contributed by atoms with Gasteiger partial charge in [0.15, 0.2) is 0 Å². The molecule has 3 nitrogen and oxygen atoms in total. The topological polar surface area (TPSA) is 55.5 Å². The second-order valence-electron chi connectivity index (χ2n) is 5.67. The van der Waals surface area contributed by atoms with E-state index in [-0.39, 0.29) is 12.0 Å². The summed E-state index contributed by atoms with van der Waals surface area (Å²) in [6.45, 7) is 9.02. The van der Waals surface area contributed by atoms with Gasteiger partial charge < -0.3 is 15.6 Å². The molecule has 3 atom stereocenters. The van der Waals surface area contributed by atoms with Gasteiger partial charge in [0.25, 0.3) is 0 Å². The highest BCUT2D eigenvalue weighted by Gasteiger charge is 2.20. The van der Waals surface area contributed by atoms with Crippen molar-refractivity contribution in [2.45, 2.75) is 65.0 Å². The van der Waals surface area contributed by atoms with Gasteiger partial charge >= 0.3 is 0 Å². The van der Waals surface area contributed by atoms with Crippen molar-refractivity contribution < 1.29 is 9.84 Å². The standard InChI is InChI=1S/C17H29NO2/c1-5-9-20-17-8-7-12(3)10-14(17)13(4)11-16(19)15(18)6-2/h7-8,10,13,15-16,19H,5-6,9,11,18H2,1-4H3. The fourth-order valence-corrected chi connectivity index (χ4v) is 2.33. The first kappa shape index (κ1) is 17.0. The molecule has 0 aromatic heterocycles. The van der Waals surface area contributed by atoms with Crippen LogP contribution in [0, 0.1) is 6.92 Å². The first-order valence-electron chi connectivity index (χ1n) is 7.66. The van der Waals surface area contributed by atoms with E-state index in [1.54, 1.807) is 0 Å². The minimum Gasteiger partial charge on any atom is -0.493 e. The average molecular weight is 279 g/mol. The summed E-state index contributed by atoms with van der Waals surface area (Å²) in [5, 5.41) is 10.1. The Bertz CT molecular complexity index is 406. The number of aliphatic hydroxyl groups is 1. The molecular weight excluding hydrogens is 250 g/mol. The van der Waals surface area contributed by atoms with E-state index in [0.29, 0.717) is 6.42 Å². The zero-order valence-corrected chi connectivity index (χ0v) is 13.2. The molecule has 0 aliphatic rings. The quantitative estimate of drug-likeness (QED) is 0.767. The van der Waals surface area contributed by atoms with E-state index in [9.17, 15) is 5.11 Å². The van der Waals surface area contributed by atoms with Crippen molar-refractivity contribution in [2.24, 2.45) is 5.73 Å². The highest BCUT2D eigenvalue weighted by molar-refractivity contribution is 5.39. The van der Waals surface area contributed by atoms with Crippen molar-refractivity contribution >= 4 is 0 Å². The molecule has 0 bridgehead atoms. The van der Waals surface area contributed by atoms with Gasteiger partial charge in [-0.3, -0.25) is 0 Å². The molecule has 1 aromatic rings. The highest BCUT2D eigenvalue weighted by Crippen LogP contribution is 2.31. The van der Waals surface area contributed by atoms with E-state index in [1.807, 2.05) is 13.0 Å². The molecule has 3 unspecified atom stereocenters. The smallest absolute Gasteiger partial charge is 0.122 e. The summed E-state index contributed by atoms with van der Waals surface area (Å²) >= 11 is 0. The molecule has 20 heavy (non-hydrogen) atoms. The molecule has 0 saturated carbocycles.